The molecule has 0 amide bonds. The maximum absolute atomic E-state index is 11.3. The molecule has 0 aliphatic carbocycles. The molecule has 0 radical (unpaired) electrons. The van der Waals surface area contributed by atoms with Crippen molar-refractivity contribution >= 4 is 34.2 Å². The quantitative estimate of drug-likeness (QED) is 0.790. The normalized spacial score (nSPS) is 10.6. The number of halogens is 2. The van der Waals surface area contributed by atoms with Crippen molar-refractivity contribution in [3.63, 3.8) is 0 Å². The lowest BCUT2D eigenvalue weighted by Crippen LogP contribution is -2.00. The van der Waals surface area contributed by atoms with Gasteiger partial charge in [-0.3, -0.25) is 0 Å². The van der Waals surface area contributed by atoms with Crippen LogP contribution in [0.5, 0.6) is 11.5 Å². The average molecular weight is 275 g/mol. The Kier molecular flexibility index (Phi) is 3.17. The van der Waals surface area contributed by atoms with Crippen molar-refractivity contribution in [1.82, 2.24) is 0 Å². The van der Waals surface area contributed by atoms with Gasteiger partial charge >= 0.3 is 5.63 Å². The molecule has 0 saturated heterocycles. The molecule has 0 unspecified atom stereocenters. The summed E-state index contributed by atoms with van der Waals surface area (Å²) in [7, 11) is 2.93. The summed E-state index contributed by atoms with van der Waals surface area (Å²) in [5.41, 5.74) is -0.424. The molecule has 1 heterocycles. The molecule has 0 atom stereocenters. The number of hydrogen-bond acceptors (Lipinski definition) is 4. The second kappa shape index (κ2) is 4.47. The maximum Gasteiger partial charge on any atom is 0.355 e. The monoisotopic (exact) mass is 274 g/mol. The van der Waals surface area contributed by atoms with Gasteiger partial charge in [0.2, 0.25) is 0 Å². The number of hydrogen-bond donors (Lipinski definition) is 0. The van der Waals surface area contributed by atoms with Crippen LogP contribution in [0.1, 0.15) is 0 Å². The third kappa shape index (κ3) is 1.94. The van der Waals surface area contributed by atoms with E-state index < -0.39 is 5.63 Å². The summed E-state index contributed by atoms with van der Waals surface area (Å²) >= 11 is 11.8. The lowest BCUT2D eigenvalue weighted by molar-refractivity contribution is 0.355. The Hall–Kier alpha value is -1.39. The molecule has 4 nitrogen and oxygen atoms in total. The first-order valence-electron chi connectivity index (χ1n) is 4.62. The Labute approximate surface area is 107 Å². The van der Waals surface area contributed by atoms with Crippen molar-refractivity contribution in [3.05, 3.63) is 32.6 Å². The zero-order valence-electron chi connectivity index (χ0n) is 9.04. The van der Waals surface area contributed by atoms with E-state index in [1.54, 1.807) is 6.07 Å². The van der Waals surface area contributed by atoms with Gasteiger partial charge in [-0.25, -0.2) is 4.79 Å². The van der Waals surface area contributed by atoms with Gasteiger partial charge < -0.3 is 13.9 Å². The zero-order valence-corrected chi connectivity index (χ0v) is 10.6. The molecule has 0 aliphatic heterocycles. The van der Waals surface area contributed by atoms with Gasteiger partial charge in [0, 0.05) is 5.39 Å². The van der Waals surface area contributed by atoms with E-state index in [1.807, 2.05) is 0 Å². The molecule has 2 rings (SSSR count). The van der Waals surface area contributed by atoms with Crippen molar-refractivity contribution in [2.24, 2.45) is 0 Å². The molecular formula is C11H8Cl2O4. The molecule has 0 aliphatic rings. The highest BCUT2D eigenvalue weighted by Crippen LogP contribution is 2.40. The summed E-state index contributed by atoms with van der Waals surface area (Å²) in [4.78, 5) is 11.3. The van der Waals surface area contributed by atoms with Crippen molar-refractivity contribution in [1.29, 1.82) is 0 Å². The molecule has 0 saturated carbocycles. The molecule has 2 aromatic rings. The van der Waals surface area contributed by atoms with Gasteiger partial charge in [0.25, 0.3) is 0 Å². The molecule has 17 heavy (non-hydrogen) atoms. The van der Waals surface area contributed by atoms with E-state index >= 15 is 0 Å². The van der Waals surface area contributed by atoms with Gasteiger partial charge in [0.1, 0.15) is 10.0 Å². The standard InChI is InChI=1S/C11H8Cl2O4/c1-15-7-4-5-3-6(12)11(14)17-9(5)8(13)10(7)16-2/h3-4H,1-2H3. The molecule has 0 N–H and O–H groups in total. The van der Waals surface area contributed by atoms with E-state index in [0.717, 1.165) is 0 Å². The minimum absolute atomic E-state index is 0.0132. The van der Waals surface area contributed by atoms with Crippen molar-refractivity contribution in [2.75, 3.05) is 14.2 Å². The maximum atomic E-state index is 11.3. The van der Waals surface area contributed by atoms with Crippen molar-refractivity contribution in [3.8, 4) is 11.5 Å². The van der Waals surface area contributed by atoms with Crippen LogP contribution >= 0.6 is 23.2 Å². The summed E-state index contributed by atoms with van der Waals surface area (Å²) in [6, 6.07) is 3.10. The molecule has 0 bridgehead atoms. The van der Waals surface area contributed by atoms with Crippen LogP contribution in [-0.4, -0.2) is 14.2 Å². The van der Waals surface area contributed by atoms with Crippen LogP contribution in [-0.2, 0) is 0 Å². The molecule has 90 valence electrons. The first-order chi connectivity index (χ1) is 8.08. The third-order valence-corrected chi connectivity index (χ3v) is 2.87. The summed E-state index contributed by atoms with van der Waals surface area (Å²) in [5.74, 6) is 0.752. The average Bonchev–Trinajstić information content (AvgIpc) is 2.31. The fourth-order valence-corrected chi connectivity index (χ4v) is 1.97. The molecule has 6 heteroatoms. The Morgan fingerprint density at radius 3 is 2.47 bits per heavy atom. The van der Waals surface area contributed by atoms with E-state index in [1.165, 1.54) is 20.3 Å². The van der Waals surface area contributed by atoms with Crippen molar-refractivity contribution < 1.29 is 13.9 Å². The Morgan fingerprint density at radius 1 is 1.18 bits per heavy atom. The number of rotatable bonds is 2. The fraction of sp³-hybridized carbons (Fsp3) is 0.182. The Bertz CT molecular complexity index is 633. The second-order valence-electron chi connectivity index (χ2n) is 3.23. The van der Waals surface area contributed by atoms with E-state index in [9.17, 15) is 4.79 Å². The number of methoxy groups -OCH3 is 2. The smallest absolute Gasteiger partial charge is 0.355 e. The largest absolute Gasteiger partial charge is 0.493 e. The molecular weight excluding hydrogens is 267 g/mol. The van der Waals surface area contributed by atoms with Crippen LogP contribution in [0.15, 0.2) is 21.3 Å². The van der Waals surface area contributed by atoms with Gasteiger partial charge in [-0.1, -0.05) is 23.2 Å². The SMILES string of the molecule is COc1cc2cc(Cl)c(=O)oc2c(Cl)c1OC. The zero-order chi connectivity index (χ0) is 12.6. The predicted molar refractivity (Wildman–Crippen MR) is 65.6 cm³/mol. The first-order valence-corrected chi connectivity index (χ1v) is 5.38. The topological polar surface area (TPSA) is 48.7 Å². The van der Waals surface area contributed by atoms with E-state index in [2.05, 4.69) is 0 Å². The summed E-state index contributed by atoms with van der Waals surface area (Å²) in [6.07, 6.45) is 0. The minimum Gasteiger partial charge on any atom is -0.493 e. The van der Waals surface area contributed by atoms with Crippen LogP contribution in [0.2, 0.25) is 10.0 Å². The van der Waals surface area contributed by atoms with E-state index in [4.69, 9.17) is 37.1 Å². The summed E-state index contributed by atoms with van der Waals surface area (Å²) in [5, 5.41) is 0.730. The number of benzene rings is 1. The number of fused-ring (bicyclic) bond motifs is 1. The Balaban J connectivity index is 2.90. The Morgan fingerprint density at radius 2 is 1.88 bits per heavy atom. The lowest BCUT2D eigenvalue weighted by Gasteiger charge is -2.10. The molecule has 0 fully saturated rings. The van der Waals surface area contributed by atoms with Gasteiger partial charge in [-0.15, -0.1) is 0 Å². The highest BCUT2D eigenvalue weighted by Gasteiger charge is 2.16. The number of ether oxygens (including phenoxy) is 2. The predicted octanol–water partition coefficient (Wildman–Crippen LogP) is 3.12. The lowest BCUT2D eigenvalue weighted by atomic mass is 10.2. The second-order valence-corrected chi connectivity index (χ2v) is 4.01. The molecule has 1 aromatic heterocycles. The van der Waals surface area contributed by atoms with Crippen LogP contribution in [0.3, 0.4) is 0 Å². The summed E-state index contributed by atoms with van der Waals surface area (Å²) in [6.45, 7) is 0. The van der Waals surface area contributed by atoms with Crippen molar-refractivity contribution in [2.45, 2.75) is 0 Å². The summed E-state index contributed by atoms with van der Waals surface area (Å²) < 4.78 is 15.2. The minimum atomic E-state index is -0.645. The van der Waals surface area contributed by atoms with E-state index in [0.29, 0.717) is 16.9 Å². The first kappa shape index (κ1) is 12.1. The van der Waals surface area contributed by atoms with Gasteiger partial charge in [-0.2, -0.15) is 0 Å². The van der Waals surface area contributed by atoms with Gasteiger partial charge in [-0.05, 0) is 12.1 Å². The van der Waals surface area contributed by atoms with Gasteiger partial charge in [0.05, 0.1) is 14.2 Å². The van der Waals surface area contributed by atoms with E-state index in [-0.39, 0.29) is 15.6 Å². The van der Waals surface area contributed by atoms with Crippen LogP contribution in [0.4, 0.5) is 0 Å². The molecule has 1 aromatic carbocycles. The van der Waals surface area contributed by atoms with Gasteiger partial charge in [0.15, 0.2) is 17.1 Å². The van der Waals surface area contributed by atoms with Crippen LogP contribution in [0.25, 0.3) is 11.0 Å². The van der Waals surface area contributed by atoms with Crippen LogP contribution < -0.4 is 15.1 Å². The third-order valence-electron chi connectivity index (χ3n) is 2.27. The fourth-order valence-electron chi connectivity index (χ4n) is 1.50. The highest BCUT2D eigenvalue weighted by molar-refractivity contribution is 6.37. The molecule has 0 spiro atoms. The van der Waals surface area contributed by atoms with Crippen LogP contribution in [0, 0.1) is 0 Å². The highest BCUT2D eigenvalue weighted by atomic mass is 35.5.